The lowest BCUT2D eigenvalue weighted by Gasteiger charge is -2.31. The van der Waals surface area contributed by atoms with Gasteiger partial charge in [0.05, 0.1) is 5.75 Å². The Labute approximate surface area is 84.9 Å². The second-order valence-electron chi connectivity index (χ2n) is 4.06. The largest absolute Gasteiger partial charge is 0.212 e. The van der Waals surface area contributed by atoms with Crippen molar-refractivity contribution in [2.45, 2.75) is 38.1 Å². The van der Waals surface area contributed by atoms with E-state index in [9.17, 15) is 8.42 Å². The summed E-state index contributed by atoms with van der Waals surface area (Å²) in [6.07, 6.45) is 1.53. The molecule has 1 fully saturated rings. The fourth-order valence-electron chi connectivity index (χ4n) is 1.39. The molecule has 3 nitrogen and oxygen atoms in total. The van der Waals surface area contributed by atoms with E-state index in [1.807, 2.05) is 13.8 Å². The molecule has 0 aromatic rings. The molecular formula is C8H16ClNO2S. The van der Waals surface area contributed by atoms with Crippen molar-refractivity contribution in [3.05, 3.63) is 0 Å². The smallest absolute Gasteiger partial charge is 0.212 e. The van der Waals surface area contributed by atoms with Crippen LogP contribution in [-0.4, -0.2) is 25.6 Å². The first-order chi connectivity index (χ1) is 5.89. The molecule has 0 aromatic heterocycles. The van der Waals surface area contributed by atoms with Crippen LogP contribution < -0.4 is 4.72 Å². The highest BCUT2D eigenvalue weighted by Gasteiger charge is 2.30. The third-order valence-electron chi connectivity index (χ3n) is 1.98. The van der Waals surface area contributed by atoms with Gasteiger partial charge in [0.25, 0.3) is 0 Å². The van der Waals surface area contributed by atoms with Crippen molar-refractivity contribution in [1.82, 2.24) is 4.72 Å². The van der Waals surface area contributed by atoms with Crippen molar-refractivity contribution < 1.29 is 8.42 Å². The summed E-state index contributed by atoms with van der Waals surface area (Å²) in [6, 6.07) is 0.0752. The predicted octanol–water partition coefficient (Wildman–Crippen LogP) is 1.33. The summed E-state index contributed by atoms with van der Waals surface area (Å²) in [7, 11) is -3.07. The second-order valence-corrected chi connectivity index (χ2v) is 6.47. The molecule has 0 bridgehead atoms. The van der Waals surface area contributed by atoms with Gasteiger partial charge in [0, 0.05) is 11.4 Å². The summed E-state index contributed by atoms with van der Waals surface area (Å²) in [5.74, 6) is 0.376. The number of sulfonamides is 1. The number of nitrogens with one attached hydrogen (secondary N) is 1. The van der Waals surface area contributed by atoms with Crippen LogP contribution in [0.5, 0.6) is 0 Å². The first-order valence-electron chi connectivity index (χ1n) is 4.53. The Morgan fingerprint density at radius 3 is 2.38 bits per heavy atom. The van der Waals surface area contributed by atoms with Crippen LogP contribution in [0.2, 0.25) is 0 Å². The minimum atomic E-state index is -3.07. The van der Waals surface area contributed by atoms with Gasteiger partial charge in [-0.3, -0.25) is 0 Å². The van der Waals surface area contributed by atoms with Crippen LogP contribution >= 0.6 is 11.6 Å². The van der Waals surface area contributed by atoms with Gasteiger partial charge >= 0.3 is 0 Å². The summed E-state index contributed by atoms with van der Waals surface area (Å²) in [4.78, 5) is 0. The molecule has 0 saturated heterocycles. The number of hydrogen-bond acceptors (Lipinski definition) is 2. The maximum absolute atomic E-state index is 11.4. The molecule has 0 atom stereocenters. The van der Waals surface area contributed by atoms with Crippen LogP contribution in [0.3, 0.4) is 0 Å². The number of rotatable bonds is 4. The second kappa shape index (κ2) is 4.15. The van der Waals surface area contributed by atoms with E-state index in [0.29, 0.717) is 0 Å². The third kappa shape index (κ3) is 3.83. The zero-order valence-electron chi connectivity index (χ0n) is 7.96. The molecule has 0 heterocycles. The van der Waals surface area contributed by atoms with Crippen LogP contribution in [-0.2, 0) is 10.0 Å². The van der Waals surface area contributed by atoms with E-state index in [-0.39, 0.29) is 23.1 Å². The summed E-state index contributed by atoms with van der Waals surface area (Å²) in [5, 5.41) is 0.159. The van der Waals surface area contributed by atoms with Crippen molar-refractivity contribution in [3.8, 4) is 0 Å². The monoisotopic (exact) mass is 225 g/mol. The SMILES string of the molecule is CC(C)CS(=O)(=O)NC1CC(Cl)C1. The molecule has 1 aliphatic carbocycles. The predicted molar refractivity (Wildman–Crippen MR) is 54.4 cm³/mol. The molecule has 0 spiro atoms. The van der Waals surface area contributed by atoms with E-state index >= 15 is 0 Å². The fourth-order valence-corrected chi connectivity index (χ4v) is 3.49. The Morgan fingerprint density at radius 2 is 2.00 bits per heavy atom. The molecule has 0 aromatic carbocycles. The molecule has 1 saturated carbocycles. The quantitative estimate of drug-likeness (QED) is 0.734. The van der Waals surface area contributed by atoms with Gasteiger partial charge in [-0.15, -0.1) is 11.6 Å². The number of halogens is 1. The highest BCUT2D eigenvalue weighted by Crippen LogP contribution is 2.25. The van der Waals surface area contributed by atoms with Crippen molar-refractivity contribution in [1.29, 1.82) is 0 Å². The highest BCUT2D eigenvalue weighted by molar-refractivity contribution is 7.89. The molecule has 78 valence electrons. The normalized spacial score (nSPS) is 28.9. The van der Waals surface area contributed by atoms with Gasteiger partial charge in [0.15, 0.2) is 0 Å². The van der Waals surface area contributed by atoms with Crippen molar-refractivity contribution >= 4 is 21.6 Å². The van der Waals surface area contributed by atoms with E-state index in [0.717, 1.165) is 12.8 Å². The Hall–Kier alpha value is 0.200. The standard InChI is InChI=1S/C8H16ClNO2S/c1-6(2)5-13(11,12)10-8-3-7(9)4-8/h6-8,10H,3-5H2,1-2H3. The molecule has 1 aliphatic rings. The van der Waals surface area contributed by atoms with Crippen LogP contribution in [0, 0.1) is 5.92 Å². The summed E-state index contributed by atoms with van der Waals surface area (Å²) in [5.41, 5.74) is 0. The summed E-state index contributed by atoms with van der Waals surface area (Å²) >= 11 is 5.74. The zero-order valence-corrected chi connectivity index (χ0v) is 9.53. The van der Waals surface area contributed by atoms with E-state index in [4.69, 9.17) is 11.6 Å². The number of hydrogen-bond donors (Lipinski definition) is 1. The average molecular weight is 226 g/mol. The maximum Gasteiger partial charge on any atom is 0.212 e. The first-order valence-corrected chi connectivity index (χ1v) is 6.62. The van der Waals surface area contributed by atoms with Gasteiger partial charge in [-0.2, -0.15) is 0 Å². The van der Waals surface area contributed by atoms with Gasteiger partial charge in [0.2, 0.25) is 10.0 Å². The van der Waals surface area contributed by atoms with Gasteiger partial charge in [-0.25, -0.2) is 13.1 Å². The summed E-state index contributed by atoms with van der Waals surface area (Å²) in [6.45, 7) is 3.79. The van der Waals surface area contributed by atoms with E-state index in [2.05, 4.69) is 4.72 Å². The minimum Gasteiger partial charge on any atom is -0.212 e. The fraction of sp³-hybridized carbons (Fsp3) is 1.00. The van der Waals surface area contributed by atoms with Crippen LogP contribution in [0.15, 0.2) is 0 Å². The maximum atomic E-state index is 11.4. The van der Waals surface area contributed by atoms with Gasteiger partial charge in [-0.05, 0) is 18.8 Å². The Bertz CT molecular complexity index is 257. The molecule has 13 heavy (non-hydrogen) atoms. The first kappa shape index (κ1) is 11.3. The molecule has 0 unspecified atom stereocenters. The Morgan fingerprint density at radius 1 is 1.46 bits per heavy atom. The Balaban J connectivity index is 2.35. The van der Waals surface area contributed by atoms with Crippen molar-refractivity contribution in [3.63, 3.8) is 0 Å². The molecule has 0 amide bonds. The van der Waals surface area contributed by atoms with Crippen LogP contribution in [0.1, 0.15) is 26.7 Å². The van der Waals surface area contributed by atoms with Crippen molar-refractivity contribution in [2.75, 3.05) is 5.75 Å². The van der Waals surface area contributed by atoms with Gasteiger partial charge in [-0.1, -0.05) is 13.8 Å². The summed E-state index contributed by atoms with van der Waals surface area (Å²) < 4.78 is 25.4. The Kier molecular flexibility index (Phi) is 3.60. The van der Waals surface area contributed by atoms with Gasteiger partial charge in [0.1, 0.15) is 0 Å². The lowest BCUT2D eigenvalue weighted by molar-refractivity contribution is 0.390. The molecular weight excluding hydrogens is 210 g/mol. The van der Waals surface area contributed by atoms with E-state index in [1.165, 1.54) is 0 Å². The molecule has 1 N–H and O–H groups in total. The highest BCUT2D eigenvalue weighted by atomic mass is 35.5. The third-order valence-corrected chi connectivity index (χ3v) is 4.13. The molecule has 0 radical (unpaired) electrons. The topological polar surface area (TPSA) is 46.2 Å². The van der Waals surface area contributed by atoms with Crippen molar-refractivity contribution in [2.24, 2.45) is 5.92 Å². The number of alkyl halides is 1. The lowest BCUT2D eigenvalue weighted by atomic mass is 9.94. The zero-order chi connectivity index (χ0) is 10.1. The van der Waals surface area contributed by atoms with E-state index in [1.54, 1.807) is 0 Å². The average Bonchev–Trinajstić information content (AvgIpc) is 1.79. The van der Waals surface area contributed by atoms with Crippen LogP contribution in [0.25, 0.3) is 0 Å². The van der Waals surface area contributed by atoms with Crippen LogP contribution in [0.4, 0.5) is 0 Å². The van der Waals surface area contributed by atoms with E-state index < -0.39 is 10.0 Å². The molecule has 5 heteroatoms. The van der Waals surface area contributed by atoms with Gasteiger partial charge < -0.3 is 0 Å². The lowest BCUT2D eigenvalue weighted by Crippen LogP contribution is -2.46. The minimum absolute atomic E-state index is 0.0752. The molecule has 0 aliphatic heterocycles. The molecule has 1 rings (SSSR count).